The van der Waals surface area contributed by atoms with Gasteiger partial charge in [-0.15, -0.1) is 4.68 Å². The van der Waals surface area contributed by atoms with Crippen molar-refractivity contribution in [1.82, 2.24) is 24.1 Å². The van der Waals surface area contributed by atoms with E-state index >= 15 is 0 Å². The summed E-state index contributed by atoms with van der Waals surface area (Å²) in [7, 11) is -4.67. The molecule has 2 aromatic heterocycles. The largest absolute Gasteiger partial charge is 0.491 e. The van der Waals surface area contributed by atoms with Crippen LogP contribution in [0.3, 0.4) is 0 Å². The molecule has 4 heterocycles. The molecule has 2 aliphatic rings. The highest BCUT2D eigenvalue weighted by Crippen LogP contribution is 2.41. The van der Waals surface area contributed by atoms with E-state index in [9.17, 15) is 9.36 Å². The maximum atomic E-state index is 12.8. The predicted octanol–water partition coefficient (Wildman–Crippen LogP) is 4.54. The highest BCUT2D eigenvalue weighted by atomic mass is 35.5. The Labute approximate surface area is 327 Å². The van der Waals surface area contributed by atoms with Crippen LogP contribution < -0.4 is 24.8 Å². The third-order valence-corrected chi connectivity index (χ3v) is 10.7. The van der Waals surface area contributed by atoms with Gasteiger partial charge in [-0.1, -0.05) is 36.2 Å². The Morgan fingerprint density at radius 3 is 2.27 bits per heavy atom. The van der Waals surface area contributed by atoms with Crippen molar-refractivity contribution < 1.29 is 37.7 Å². The smallest absolute Gasteiger partial charge is 0.472 e. The fourth-order valence-corrected chi connectivity index (χ4v) is 7.42. The number of rotatable bonds is 14. The van der Waals surface area contributed by atoms with Crippen LogP contribution in [0.4, 0.5) is 11.4 Å². The van der Waals surface area contributed by atoms with E-state index in [0.717, 1.165) is 49.7 Å². The highest BCUT2D eigenvalue weighted by Gasteiger charge is 2.47. The molecule has 0 radical (unpaired) electrons. The lowest BCUT2D eigenvalue weighted by Crippen LogP contribution is -2.46. The number of piperazine rings is 1. The first kappa shape index (κ1) is 39.0. The third kappa shape index (κ3) is 9.08. The lowest BCUT2D eigenvalue weighted by Gasteiger charge is -2.37. The number of anilines is 2. The molecule has 292 valence electrons. The molecule has 0 aliphatic carbocycles. The van der Waals surface area contributed by atoms with Gasteiger partial charge < -0.3 is 33.8 Å². The molecule has 5 aromatic rings. The average Bonchev–Trinajstić information content (AvgIpc) is 3.92. The monoisotopic (exact) mass is 815 g/mol. The zero-order valence-electron chi connectivity index (χ0n) is 30.2. The topological polar surface area (TPSA) is 162 Å². The minimum atomic E-state index is -4.67. The fourth-order valence-electron chi connectivity index (χ4n) is 6.58. The van der Waals surface area contributed by atoms with Crippen molar-refractivity contribution in [3.8, 4) is 11.4 Å². The van der Waals surface area contributed by atoms with E-state index in [1.807, 2.05) is 50.2 Å². The Kier molecular flexibility index (Phi) is 11.7. The second kappa shape index (κ2) is 16.5. The quantitative estimate of drug-likeness (QED) is 0.119. The summed E-state index contributed by atoms with van der Waals surface area (Å²) in [4.78, 5) is 35.6. The number of hydrogen-bond donors (Lipinski definition) is 2. The van der Waals surface area contributed by atoms with Crippen molar-refractivity contribution >= 4 is 42.4 Å². The Hall–Kier alpha value is -4.25. The lowest BCUT2D eigenvalue weighted by molar-refractivity contribution is -0.726. The first-order valence-corrected chi connectivity index (χ1v) is 20.1. The van der Waals surface area contributed by atoms with Gasteiger partial charge in [0.25, 0.3) is 6.33 Å². The molecule has 1 unspecified atom stereocenters. The highest BCUT2D eigenvalue weighted by molar-refractivity contribution is 7.46. The van der Waals surface area contributed by atoms with Crippen molar-refractivity contribution in [3.05, 3.63) is 112 Å². The molecule has 2 N–H and O–H groups in total. The SMILES string of the molecule is CCC(C)n1ncn(-c2ccc(N3CCN(c4ccc(OC[C@@H]5CO[C@@](Cn6c[n+](COP(=O)(O)O)cn6)(c6ccc(Cl)cc6Cl)O5)cc4)CC3)cc2)c1=O. The third-order valence-electron chi connectivity index (χ3n) is 9.69. The summed E-state index contributed by atoms with van der Waals surface area (Å²) in [5, 5.41) is 9.36. The van der Waals surface area contributed by atoms with E-state index in [-0.39, 0.29) is 31.5 Å². The molecule has 16 nitrogen and oxygen atoms in total. The van der Waals surface area contributed by atoms with Crippen LogP contribution in [-0.4, -0.2) is 79.4 Å². The molecule has 2 fully saturated rings. The molecule has 55 heavy (non-hydrogen) atoms. The molecule has 0 spiro atoms. The van der Waals surface area contributed by atoms with Crippen LogP contribution >= 0.6 is 31.0 Å². The predicted molar refractivity (Wildman–Crippen MR) is 204 cm³/mol. The number of aromatic nitrogens is 6. The Morgan fingerprint density at radius 1 is 0.982 bits per heavy atom. The number of benzene rings is 3. The van der Waals surface area contributed by atoms with Gasteiger partial charge in [-0.2, -0.15) is 5.10 Å². The molecule has 19 heteroatoms. The van der Waals surface area contributed by atoms with Gasteiger partial charge in [0.2, 0.25) is 12.1 Å². The molecule has 7 rings (SSSR count). The van der Waals surface area contributed by atoms with Crippen molar-refractivity contribution in [2.24, 2.45) is 0 Å². The van der Waals surface area contributed by atoms with E-state index in [0.29, 0.717) is 21.4 Å². The zero-order valence-corrected chi connectivity index (χ0v) is 32.6. The molecular weight excluding hydrogens is 774 g/mol. The van der Waals surface area contributed by atoms with Crippen LogP contribution in [0.15, 0.2) is 90.5 Å². The second-order valence-corrected chi connectivity index (χ2v) is 15.5. The summed E-state index contributed by atoms with van der Waals surface area (Å²) in [5.41, 5.74) is 3.40. The van der Waals surface area contributed by atoms with Gasteiger partial charge in [0, 0.05) is 53.2 Å². The summed E-state index contributed by atoms with van der Waals surface area (Å²) >= 11 is 12.8. The van der Waals surface area contributed by atoms with Crippen LogP contribution in [0.5, 0.6) is 5.75 Å². The first-order chi connectivity index (χ1) is 26.4. The second-order valence-electron chi connectivity index (χ2n) is 13.4. The molecule has 0 bridgehead atoms. The van der Waals surface area contributed by atoms with Gasteiger partial charge in [-0.25, -0.2) is 23.2 Å². The molecule has 3 atom stereocenters. The average molecular weight is 817 g/mol. The maximum absolute atomic E-state index is 12.8. The normalized spacial score (nSPS) is 19.6. The Balaban J connectivity index is 0.933. The standard InChI is InChI=1S/C36H41Cl2N8O8P/c1-3-26(2)46-35(47)45(23-40-46)30-7-5-28(6-8-30)42-14-16-43(17-15-42)29-9-11-31(12-10-29)51-19-32-20-52-36(54-32,33-13-4-27(37)18-34(33)38)21-44-24-41(22-39-44)25-53-55(48,49)50/h4-13,18,22-24,26,32H,3,14-17,19-21,25H2,1-2H3,(H-,48,49,50)/p+1/t26?,32-,36-/m1/s1. The van der Waals surface area contributed by atoms with Crippen molar-refractivity contribution in [1.29, 1.82) is 0 Å². The lowest BCUT2D eigenvalue weighted by atomic mass is 10.1. The van der Waals surface area contributed by atoms with E-state index < -0.39 is 26.4 Å². The van der Waals surface area contributed by atoms with E-state index in [2.05, 4.69) is 36.7 Å². The van der Waals surface area contributed by atoms with E-state index in [1.54, 1.807) is 29.1 Å². The minimum Gasteiger partial charge on any atom is -0.491 e. The van der Waals surface area contributed by atoms with Gasteiger partial charge in [-0.3, -0.25) is 4.52 Å². The molecule has 2 saturated heterocycles. The first-order valence-electron chi connectivity index (χ1n) is 17.8. The van der Waals surface area contributed by atoms with Gasteiger partial charge in [0.15, 0.2) is 13.3 Å². The summed E-state index contributed by atoms with van der Waals surface area (Å²) in [5.74, 6) is -0.672. The van der Waals surface area contributed by atoms with Crippen molar-refractivity contribution in [2.75, 3.05) is 49.2 Å². The summed E-state index contributed by atoms with van der Waals surface area (Å²) < 4.78 is 40.6. The Bertz CT molecular complexity index is 2190. The molecule has 0 amide bonds. The molecule has 2 aliphatic heterocycles. The van der Waals surface area contributed by atoms with Crippen LogP contribution in [0.2, 0.25) is 10.0 Å². The van der Waals surface area contributed by atoms with E-state index in [1.165, 1.54) is 26.6 Å². The number of phosphoric ester groups is 1. The van der Waals surface area contributed by atoms with Crippen LogP contribution in [0, 0.1) is 0 Å². The van der Waals surface area contributed by atoms with Crippen LogP contribution in [-0.2, 0) is 37.6 Å². The Morgan fingerprint density at radius 2 is 1.64 bits per heavy atom. The number of halogens is 2. The van der Waals surface area contributed by atoms with Crippen molar-refractivity contribution in [2.45, 2.75) is 51.5 Å². The van der Waals surface area contributed by atoms with Gasteiger partial charge in [0.05, 0.1) is 23.4 Å². The number of nitrogens with zero attached hydrogens (tertiary/aromatic N) is 8. The molecule has 0 saturated carbocycles. The fraction of sp³-hybridized carbons (Fsp3) is 0.389. The van der Waals surface area contributed by atoms with Crippen LogP contribution in [0.1, 0.15) is 31.9 Å². The van der Waals surface area contributed by atoms with Crippen LogP contribution in [0.25, 0.3) is 5.69 Å². The van der Waals surface area contributed by atoms with E-state index in [4.69, 9.17) is 47.2 Å². The van der Waals surface area contributed by atoms with Gasteiger partial charge in [-0.05, 0) is 74.0 Å². The number of hydrogen-bond acceptors (Lipinski definition) is 10. The summed E-state index contributed by atoms with van der Waals surface area (Å²) in [6.45, 7) is 7.48. The number of phosphoric acid groups is 1. The van der Waals surface area contributed by atoms with Gasteiger partial charge in [0.1, 0.15) is 24.8 Å². The molecular formula is C36H42Cl2N8O8P+. The number of ether oxygens (including phenoxy) is 3. The molecule has 3 aromatic carbocycles. The maximum Gasteiger partial charge on any atom is 0.472 e. The zero-order chi connectivity index (χ0) is 38.7. The minimum absolute atomic E-state index is 0.0457. The van der Waals surface area contributed by atoms with Gasteiger partial charge >= 0.3 is 13.5 Å². The van der Waals surface area contributed by atoms with Crippen molar-refractivity contribution in [3.63, 3.8) is 0 Å². The summed E-state index contributed by atoms with van der Waals surface area (Å²) in [6.07, 6.45) is 4.83. The summed E-state index contributed by atoms with van der Waals surface area (Å²) in [6, 6.07) is 21.1.